The molecule has 2 N–H and O–H groups in total. The maximum absolute atomic E-state index is 11.9. The fraction of sp³-hybridized carbons (Fsp3) is 0.778. The third kappa shape index (κ3) is 1.87. The Bertz CT molecular complexity index is 248. The van der Waals surface area contributed by atoms with Crippen LogP contribution in [0.2, 0.25) is 0 Å². The number of hydrogen-bond acceptors (Lipinski definition) is 3. The fourth-order valence-corrected chi connectivity index (χ4v) is 1.95. The van der Waals surface area contributed by atoms with E-state index in [1.54, 1.807) is 4.90 Å². The van der Waals surface area contributed by atoms with E-state index in [-0.39, 0.29) is 24.3 Å². The molecule has 2 heterocycles. The maximum Gasteiger partial charge on any atom is 0.239 e. The Labute approximate surface area is 82.8 Å². The normalized spacial score (nSPS) is 27.6. The van der Waals surface area contributed by atoms with Crippen LogP contribution in [-0.4, -0.2) is 49.4 Å². The van der Waals surface area contributed by atoms with Crippen molar-refractivity contribution in [3.05, 3.63) is 0 Å². The lowest BCUT2D eigenvalue weighted by Gasteiger charge is -2.28. The summed E-state index contributed by atoms with van der Waals surface area (Å²) >= 11 is 0. The first-order valence-electron chi connectivity index (χ1n) is 5.03. The van der Waals surface area contributed by atoms with Gasteiger partial charge in [-0.3, -0.25) is 9.59 Å². The summed E-state index contributed by atoms with van der Waals surface area (Å²) in [6.45, 7) is 3.15. The van der Waals surface area contributed by atoms with Crippen molar-refractivity contribution in [3.8, 4) is 0 Å². The van der Waals surface area contributed by atoms with Gasteiger partial charge in [-0.15, -0.1) is 0 Å². The van der Waals surface area contributed by atoms with Crippen LogP contribution in [0.25, 0.3) is 0 Å². The lowest BCUT2D eigenvalue weighted by Crippen LogP contribution is -2.51. The van der Waals surface area contributed by atoms with Crippen molar-refractivity contribution in [3.63, 3.8) is 0 Å². The van der Waals surface area contributed by atoms with Gasteiger partial charge in [-0.2, -0.15) is 0 Å². The third-order valence-corrected chi connectivity index (χ3v) is 2.76. The molecule has 0 saturated carbocycles. The van der Waals surface area contributed by atoms with Crippen LogP contribution >= 0.6 is 0 Å². The number of nitrogens with one attached hydrogen (secondary N) is 2. The van der Waals surface area contributed by atoms with E-state index in [0.29, 0.717) is 13.1 Å². The van der Waals surface area contributed by atoms with Crippen molar-refractivity contribution in [1.82, 2.24) is 15.5 Å². The predicted octanol–water partition coefficient (Wildman–Crippen LogP) is -1.45. The van der Waals surface area contributed by atoms with Crippen LogP contribution in [0.1, 0.15) is 6.42 Å². The average molecular weight is 197 g/mol. The molecule has 2 saturated heterocycles. The van der Waals surface area contributed by atoms with Gasteiger partial charge in [0.1, 0.15) is 0 Å². The van der Waals surface area contributed by atoms with Crippen LogP contribution < -0.4 is 10.6 Å². The zero-order valence-electron chi connectivity index (χ0n) is 8.08. The minimum atomic E-state index is -0.0458. The van der Waals surface area contributed by atoms with Crippen LogP contribution in [-0.2, 0) is 9.59 Å². The highest BCUT2D eigenvalue weighted by atomic mass is 16.2. The first-order valence-corrected chi connectivity index (χ1v) is 5.03. The summed E-state index contributed by atoms with van der Waals surface area (Å²) in [5, 5.41) is 5.86. The summed E-state index contributed by atoms with van der Waals surface area (Å²) in [6, 6.07) is 0. The topological polar surface area (TPSA) is 61.4 Å². The zero-order chi connectivity index (χ0) is 9.97. The second-order valence-corrected chi connectivity index (χ2v) is 3.80. The van der Waals surface area contributed by atoms with E-state index in [2.05, 4.69) is 10.6 Å². The van der Waals surface area contributed by atoms with Crippen molar-refractivity contribution >= 4 is 11.8 Å². The van der Waals surface area contributed by atoms with Crippen molar-refractivity contribution in [2.75, 3.05) is 32.7 Å². The van der Waals surface area contributed by atoms with Gasteiger partial charge in [0.05, 0.1) is 12.5 Å². The molecule has 2 aliphatic heterocycles. The first-order chi connectivity index (χ1) is 6.77. The van der Waals surface area contributed by atoms with Crippen molar-refractivity contribution in [1.29, 1.82) is 0 Å². The van der Waals surface area contributed by atoms with Crippen molar-refractivity contribution in [2.45, 2.75) is 6.42 Å². The standard InChI is InChI=1S/C9H15N3O2/c13-8-6-12(4-3-11-8)9(14)7-1-2-10-5-7/h7,10H,1-6H2,(H,11,13). The van der Waals surface area contributed by atoms with Gasteiger partial charge in [0.2, 0.25) is 11.8 Å². The van der Waals surface area contributed by atoms with E-state index in [9.17, 15) is 9.59 Å². The highest BCUT2D eigenvalue weighted by Crippen LogP contribution is 2.12. The molecule has 0 aliphatic carbocycles. The molecule has 0 aromatic carbocycles. The summed E-state index contributed by atoms with van der Waals surface area (Å²) in [4.78, 5) is 24.6. The minimum absolute atomic E-state index is 0.0458. The molecule has 2 aliphatic rings. The van der Waals surface area contributed by atoms with Gasteiger partial charge in [-0.25, -0.2) is 0 Å². The van der Waals surface area contributed by atoms with Crippen LogP contribution in [0, 0.1) is 5.92 Å². The van der Waals surface area contributed by atoms with Gasteiger partial charge in [-0.1, -0.05) is 0 Å². The summed E-state index contributed by atoms with van der Waals surface area (Å²) < 4.78 is 0. The molecule has 2 fully saturated rings. The smallest absolute Gasteiger partial charge is 0.239 e. The van der Waals surface area contributed by atoms with Crippen LogP contribution in [0.4, 0.5) is 0 Å². The van der Waals surface area contributed by atoms with E-state index in [4.69, 9.17) is 0 Å². The Morgan fingerprint density at radius 2 is 2.29 bits per heavy atom. The molecule has 0 bridgehead atoms. The van der Waals surface area contributed by atoms with Crippen molar-refractivity contribution < 1.29 is 9.59 Å². The second kappa shape index (κ2) is 3.96. The molecule has 0 aromatic rings. The number of hydrogen-bond donors (Lipinski definition) is 2. The Morgan fingerprint density at radius 3 is 2.93 bits per heavy atom. The Kier molecular flexibility index (Phi) is 2.67. The minimum Gasteiger partial charge on any atom is -0.353 e. The molecule has 1 atom stereocenters. The average Bonchev–Trinajstić information content (AvgIpc) is 2.69. The second-order valence-electron chi connectivity index (χ2n) is 3.80. The van der Waals surface area contributed by atoms with Gasteiger partial charge < -0.3 is 15.5 Å². The molecular weight excluding hydrogens is 182 g/mol. The van der Waals surface area contributed by atoms with Gasteiger partial charge in [0.25, 0.3) is 0 Å². The number of carbonyl (C=O) groups excluding carboxylic acids is 2. The molecule has 14 heavy (non-hydrogen) atoms. The van der Waals surface area contributed by atoms with E-state index < -0.39 is 0 Å². The number of nitrogens with zero attached hydrogens (tertiary/aromatic N) is 1. The highest BCUT2D eigenvalue weighted by molar-refractivity contribution is 5.87. The third-order valence-electron chi connectivity index (χ3n) is 2.76. The number of piperazine rings is 1. The fourth-order valence-electron chi connectivity index (χ4n) is 1.95. The predicted molar refractivity (Wildman–Crippen MR) is 50.6 cm³/mol. The number of carbonyl (C=O) groups is 2. The quantitative estimate of drug-likeness (QED) is 0.541. The molecular formula is C9H15N3O2. The number of rotatable bonds is 1. The van der Waals surface area contributed by atoms with E-state index in [0.717, 1.165) is 19.5 Å². The molecule has 78 valence electrons. The monoisotopic (exact) mass is 197 g/mol. The van der Waals surface area contributed by atoms with E-state index >= 15 is 0 Å². The summed E-state index contributed by atoms with van der Waals surface area (Å²) in [5.41, 5.74) is 0. The molecule has 5 heteroatoms. The summed E-state index contributed by atoms with van der Waals surface area (Å²) in [5.74, 6) is 0.168. The summed E-state index contributed by atoms with van der Waals surface area (Å²) in [6.07, 6.45) is 0.900. The van der Waals surface area contributed by atoms with Gasteiger partial charge >= 0.3 is 0 Å². The van der Waals surface area contributed by atoms with E-state index in [1.165, 1.54) is 0 Å². The Morgan fingerprint density at radius 1 is 1.43 bits per heavy atom. The number of amides is 2. The molecule has 0 aromatic heterocycles. The Hall–Kier alpha value is -1.10. The van der Waals surface area contributed by atoms with Crippen LogP contribution in [0.3, 0.4) is 0 Å². The van der Waals surface area contributed by atoms with E-state index in [1.807, 2.05) is 0 Å². The molecule has 0 radical (unpaired) electrons. The maximum atomic E-state index is 11.9. The molecule has 2 rings (SSSR count). The zero-order valence-corrected chi connectivity index (χ0v) is 8.08. The molecule has 2 amide bonds. The lowest BCUT2D eigenvalue weighted by molar-refractivity contribution is -0.140. The van der Waals surface area contributed by atoms with Gasteiger partial charge in [0, 0.05) is 19.6 Å². The van der Waals surface area contributed by atoms with Gasteiger partial charge in [-0.05, 0) is 13.0 Å². The summed E-state index contributed by atoms with van der Waals surface area (Å²) in [7, 11) is 0. The molecule has 1 unspecified atom stereocenters. The lowest BCUT2D eigenvalue weighted by atomic mass is 10.1. The SMILES string of the molecule is O=C1CN(C(=O)C2CCNC2)CCN1. The highest BCUT2D eigenvalue weighted by Gasteiger charge is 2.29. The molecule has 0 spiro atoms. The van der Waals surface area contributed by atoms with Crippen molar-refractivity contribution in [2.24, 2.45) is 5.92 Å². The van der Waals surface area contributed by atoms with Crippen LogP contribution in [0.15, 0.2) is 0 Å². The Balaban J connectivity index is 1.92. The van der Waals surface area contributed by atoms with Crippen LogP contribution in [0.5, 0.6) is 0 Å². The largest absolute Gasteiger partial charge is 0.353 e. The van der Waals surface area contributed by atoms with Gasteiger partial charge in [0.15, 0.2) is 0 Å². The molecule has 5 nitrogen and oxygen atoms in total. The first kappa shape index (κ1) is 9.45.